The number of amides is 2. The van der Waals surface area contributed by atoms with E-state index >= 15 is 0 Å². The van der Waals surface area contributed by atoms with Crippen LogP contribution in [0.3, 0.4) is 0 Å². The molecule has 1 atom stereocenters. The van der Waals surface area contributed by atoms with E-state index in [1.807, 2.05) is 6.92 Å². The van der Waals surface area contributed by atoms with E-state index in [4.69, 9.17) is 38.4 Å². The normalized spacial score (nSPS) is 15.2. The van der Waals surface area contributed by atoms with Gasteiger partial charge in [0.25, 0.3) is 11.5 Å². The minimum atomic E-state index is -0.910. The third kappa shape index (κ3) is 5.33. The van der Waals surface area contributed by atoms with Gasteiger partial charge in [-0.25, -0.2) is 4.98 Å². The van der Waals surface area contributed by atoms with Gasteiger partial charge in [-0.15, -0.1) is 0 Å². The van der Waals surface area contributed by atoms with Crippen LogP contribution in [0.2, 0.25) is 10.0 Å². The number of halogens is 2. The highest BCUT2D eigenvalue weighted by Gasteiger charge is 2.24. The van der Waals surface area contributed by atoms with Gasteiger partial charge in [-0.05, 0) is 24.6 Å². The van der Waals surface area contributed by atoms with Crippen LogP contribution < -0.4 is 26.2 Å². The van der Waals surface area contributed by atoms with Crippen LogP contribution in [0.1, 0.15) is 17.3 Å². The van der Waals surface area contributed by atoms with Gasteiger partial charge in [-0.1, -0.05) is 23.2 Å². The number of methoxy groups -OCH3 is 1. The number of nitrogens with zero attached hydrogens (tertiary/aromatic N) is 5. The standard InChI is InChI=1S/C27H27Cl2N7O6/c1-13-12-42-5-4-36(13)20-8-19(18(29)9-31-20)32-21(37)11-35-10-16(14-6-15(24(30)39)23(38)17(28)7-14)22-25(35)33-27(41-3)34(2)26(22)40/h6-10,13,38H,4-5,11-12H2,1-3H3,(H2,30,39)(H,31,32,37)/t13-/m0/s1. The Hall–Kier alpha value is -4.33. The smallest absolute Gasteiger partial charge is 0.300 e. The van der Waals surface area contributed by atoms with Crippen LogP contribution in [0, 0.1) is 0 Å². The summed E-state index contributed by atoms with van der Waals surface area (Å²) < 4.78 is 13.4. The van der Waals surface area contributed by atoms with Crippen molar-refractivity contribution in [3.8, 4) is 22.9 Å². The number of nitrogens with two attached hydrogens (primary N) is 1. The molecule has 0 saturated carbocycles. The fourth-order valence-electron chi connectivity index (χ4n) is 4.85. The molecule has 4 heterocycles. The quantitative estimate of drug-likeness (QED) is 0.283. The fraction of sp³-hybridized carbons (Fsp3) is 0.296. The van der Waals surface area contributed by atoms with Crippen molar-refractivity contribution in [3.05, 3.63) is 56.6 Å². The number of hydrogen-bond acceptors (Lipinski definition) is 9. The number of rotatable bonds is 7. The van der Waals surface area contributed by atoms with Gasteiger partial charge in [0, 0.05) is 31.4 Å². The van der Waals surface area contributed by atoms with E-state index in [0.29, 0.717) is 42.4 Å². The molecule has 15 heteroatoms. The lowest BCUT2D eigenvalue weighted by molar-refractivity contribution is -0.116. The van der Waals surface area contributed by atoms with E-state index in [0.717, 1.165) is 0 Å². The lowest BCUT2D eigenvalue weighted by atomic mass is 10.0. The van der Waals surface area contributed by atoms with Crippen molar-refractivity contribution < 1.29 is 24.2 Å². The maximum atomic E-state index is 13.4. The van der Waals surface area contributed by atoms with Crippen molar-refractivity contribution in [2.75, 3.05) is 37.1 Å². The highest BCUT2D eigenvalue weighted by Crippen LogP contribution is 2.36. The topological polar surface area (TPSA) is 167 Å². The molecular formula is C27H27Cl2N7O6. The molecule has 4 aromatic rings. The first kappa shape index (κ1) is 29.2. The molecule has 0 radical (unpaired) electrons. The van der Waals surface area contributed by atoms with Gasteiger partial charge < -0.3 is 35.1 Å². The summed E-state index contributed by atoms with van der Waals surface area (Å²) in [6.45, 7) is 3.50. The highest BCUT2D eigenvalue weighted by molar-refractivity contribution is 6.34. The molecule has 4 N–H and O–H groups in total. The van der Waals surface area contributed by atoms with E-state index in [2.05, 4.69) is 20.2 Å². The molecule has 1 aromatic carbocycles. The monoisotopic (exact) mass is 615 g/mol. The van der Waals surface area contributed by atoms with Gasteiger partial charge in [0.1, 0.15) is 18.1 Å². The van der Waals surface area contributed by atoms with E-state index in [1.54, 1.807) is 6.07 Å². The second-order valence-electron chi connectivity index (χ2n) is 9.74. The van der Waals surface area contributed by atoms with Crippen molar-refractivity contribution in [2.45, 2.75) is 19.5 Å². The number of primary amides is 1. The Morgan fingerprint density at radius 1 is 1.26 bits per heavy atom. The Kier molecular flexibility index (Phi) is 7.99. The molecule has 42 heavy (non-hydrogen) atoms. The van der Waals surface area contributed by atoms with Gasteiger partial charge in [0.2, 0.25) is 5.91 Å². The highest BCUT2D eigenvalue weighted by atomic mass is 35.5. The Morgan fingerprint density at radius 2 is 2.02 bits per heavy atom. The Balaban J connectivity index is 1.55. The SMILES string of the molecule is COc1nc2c(c(-c3cc(Cl)c(O)c(C(N)=O)c3)cn2CC(=O)Nc2cc(N3CCOC[C@@H]3C)ncc2Cl)c(=O)n1C. The van der Waals surface area contributed by atoms with Gasteiger partial charge in [-0.2, -0.15) is 4.98 Å². The summed E-state index contributed by atoms with van der Waals surface area (Å²) in [5.41, 5.74) is 5.84. The first-order chi connectivity index (χ1) is 20.0. The van der Waals surface area contributed by atoms with Crippen molar-refractivity contribution in [1.82, 2.24) is 19.1 Å². The number of carbonyl (C=O) groups excluding carboxylic acids is 2. The van der Waals surface area contributed by atoms with Crippen molar-refractivity contribution in [2.24, 2.45) is 12.8 Å². The zero-order valence-corrected chi connectivity index (χ0v) is 24.4. The number of aromatic hydroxyl groups is 1. The molecule has 1 aliphatic rings. The van der Waals surface area contributed by atoms with Crippen LogP contribution >= 0.6 is 23.2 Å². The molecule has 5 rings (SSSR count). The van der Waals surface area contributed by atoms with E-state index in [9.17, 15) is 19.5 Å². The molecule has 0 unspecified atom stereocenters. The number of carbonyl (C=O) groups is 2. The molecule has 1 aliphatic heterocycles. The predicted octanol–water partition coefficient (Wildman–Crippen LogP) is 2.78. The van der Waals surface area contributed by atoms with E-state index < -0.39 is 23.1 Å². The minimum Gasteiger partial charge on any atom is -0.506 e. The number of morpholine rings is 1. The zero-order chi connectivity index (χ0) is 30.3. The second-order valence-corrected chi connectivity index (χ2v) is 10.6. The average Bonchev–Trinajstić information content (AvgIpc) is 3.31. The molecule has 220 valence electrons. The number of nitrogens with one attached hydrogen (secondary N) is 1. The predicted molar refractivity (Wildman–Crippen MR) is 158 cm³/mol. The molecule has 0 aliphatic carbocycles. The molecule has 3 aromatic heterocycles. The van der Waals surface area contributed by atoms with Gasteiger partial charge in [0.15, 0.2) is 5.65 Å². The van der Waals surface area contributed by atoms with Crippen molar-refractivity contribution >= 4 is 57.6 Å². The summed E-state index contributed by atoms with van der Waals surface area (Å²) in [5.74, 6) is -1.21. The molecule has 0 spiro atoms. The fourth-order valence-corrected chi connectivity index (χ4v) is 5.22. The van der Waals surface area contributed by atoms with Crippen LogP contribution in [0.15, 0.2) is 35.4 Å². The molecular weight excluding hydrogens is 589 g/mol. The van der Waals surface area contributed by atoms with Crippen LogP contribution in [0.5, 0.6) is 11.8 Å². The summed E-state index contributed by atoms with van der Waals surface area (Å²) in [4.78, 5) is 49.6. The number of hydrogen-bond donors (Lipinski definition) is 3. The Labute approximate surface area is 249 Å². The number of phenols is 1. The summed E-state index contributed by atoms with van der Waals surface area (Å²) in [6.07, 6.45) is 3.00. The summed E-state index contributed by atoms with van der Waals surface area (Å²) in [6, 6.07) is 4.51. The summed E-state index contributed by atoms with van der Waals surface area (Å²) >= 11 is 12.6. The number of anilines is 2. The number of benzene rings is 1. The lowest BCUT2D eigenvalue weighted by Gasteiger charge is -2.34. The number of aromatic nitrogens is 4. The number of pyridine rings is 1. The second kappa shape index (κ2) is 11.5. The van der Waals surface area contributed by atoms with Gasteiger partial charge in [-0.3, -0.25) is 19.0 Å². The van der Waals surface area contributed by atoms with E-state index in [-0.39, 0.29) is 45.2 Å². The van der Waals surface area contributed by atoms with Crippen molar-refractivity contribution in [3.63, 3.8) is 0 Å². The Morgan fingerprint density at radius 3 is 2.71 bits per heavy atom. The molecule has 13 nitrogen and oxygen atoms in total. The van der Waals surface area contributed by atoms with Gasteiger partial charge in [0.05, 0.1) is 59.2 Å². The molecule has 1 fully saturated rings. The average molecular weight is 616 g/mol. The maximum absolute atomic E-state index is 13.4. The van der Waals surface area contributed by atoms with Crippen molar-refractivity contribution in [1.29, 1.82) is 0 Å². The zero-order valence-electron chi connectivity index (χ0n) is 22.9. The van der Waals surface area contributed by atoms with Crippen LogP contribution in [-0.4, -0.2) is 68.9 Å². The first-order valence-electron chi connectivity index (χ1n) is 12.8. The first-order valence-corrected chi connectivity index (χ1v) is 13.5. The van der Waals surface area contributed by atoms with Crippen LogP contribution in [0.25, 0.3) is 22.2 Å². The molecule has 1 saturated heterocycles. The number of fused-ring (bicyclic) bond motifs is 1. The number of ether oxygens (including phenoxy) is 2. The van der Waals surface area contributed by atoms with E-state index in [1.165, 1.54) is 47.8 Å². The Bertz CT molecular complexity index is 1790. The minimum absolute atomic E-state index is 0.0156. The third-order valence-corrected chi connectivity index (χ3v) is 7.56. The van der Waals surface area contributed by atoms with Crippen LogP contribution in [-0.2, 0) is 23.1 Å². The lowest BCUT2D eigenvalue weighted by Crippen LogP contribution is -2.44. The van der Waals surface area contributed by atoms with Gasteiger partial charge >= 0.3 is 6.01 Å². The summed E-state index contributed by atoms with van der Waals surface area (Å²) in [7, 11) is 2.85. The molecule has 0 bridgehead atoms. The maximum Gasteiger partial charge on any atom is 0.300 e. The van der Waals surface area contributed by atoms with Crippen LogP contribution in [0.4, 0.5) is 11.5 Å². The molecule has 2 amide bonds. The third-order valence-electron chi connectivity index (χ3n) is 6.97. The largest absolute Gasteiger partial charge is 0.506 e. The summed E-state index contributed by atoms with van der Waals surface area (Å²) in [5, 5.41) is 13.3.